The summed E-state index contributed by atoms with van der Waals surface area (Å²) in [5, 5.41) is 0. The molecule has 1 aliphatic heterocycles. The minimum absolute atomic E-state index is 0.172. The summed E-state index contributed by atoms with van der Waals surface area (Å²) in [6.45, 7) is 0.468. The van der Waals surface area contributed by atoms with Gasteiger partial charge in [0.25, 0.3) is 11.6 Å². The number of imidazole rings is 1. The summed E-state index contributed by atoms with van der Waals surface area (Å²) in [6.07, 6.45) is 0. The van der Waals surface area contributed by atoms with Crippen LogP contribution in [0, 0.1) is 0 Å². The molecule has 0 saturated heterocycles. The predicted octanol–water partition coefficient (Wildman–Crippen LogP) is 0.982. The smallest absolute Gasteiger partial charge is 0.332 e. The molecule has 0 amide bonds. The Kier molecular flexibility index (Phi) is 3.79. The van der Waals surface area contributed by atoms with Crippen LogP contribution in [0.25, 0.3) is 11.2 Å². The lowest BCUT2D eigenvalue weighted by atomic mass is 10.2. The zero-order valence-electron chi connectivity index (χ0n) is 14.3. The second-order valence-electron chi connectivity index (χ2n) is 5.86. The maximum Gasteiger partial charge on any atom is 0.332 e. The van der Waals surface area contributed by atoms with E-state index < -0.39 is 11.2 Å². The highest BCUT2D eigenvalue weighted by Crippen LogP contribution is 2.37. The number of rotatable bonds is 3. The van der Waals surface area contributed by atoms with Gasteiger partial charge in [-0.1, -0.05) is 15.9 Å². The van der Waals surface area contributed by atoms with Crippen LogP contribution in [0.3, 0.4) is 0 Å². The first-order valence-corrected chi connectivity index (χ1v) is 8.50. The van der Waals surface area contributed by atoms with E-state index in [1.807, 2.05) is 12.1 Å². The molecule has 0 radical (unpaired) electrons. The lowest BCUT2D eigenvalue weighted by Crippen LogP contribution is -2.37. The zero-order chi connectivity index (χ0) is 18.6. The summed E-state index contributed by atoms with van der Waals surface area (Å²) in [6, 6.07) is 3.89. The minimum atomic E-state index is -0.445. The SMILES string of the molecule is COc1nc2c(c(=O)n(C)c(=O)n2C)n1Cc1cc2c(cc1Br)OCO2. The van der Waals surface area contributed by atoms with E-state index >= 15 is 0 Å². The summed E-state index contributed by atoms with van der Waals surface area (Å²) in [7, 11) is 4.47. The fourth-order valence-electron chi connectivity index (χ4n) is 2.98. The second kappa shape index (κ2) is 5.90. The summed E-state index contributed by atoms with van der Waals surface area (Å²) >= 11 is 3.52. The molecule has 0 atom stereocenters. The molecule has 2 aromatic heterocycles. The van der Waals surface area contributed by atoms with E-state index in [2.05, 4.69) is 20.9 Å². The van der Waals surface area contributed by atoms with Gasteiger partial charge in [-0.15, -0.1) is 0 Å². The number of methoxy groups -OCH3 is 1. The van der Waals surface area contributed by atoms with Gasteiger partial charge in [0.2, 0.25) is 6.79 Å². The molecule has 0 fully saturated rings. The minimum Gasteiger partial charge on any atom is -0.468 e. The van der Waals surface area contributed by atoms with Crippen LogP contribution in [-0.2, 0) is 20.6 Å². The number of hydrogen-bond acceptors (Lipinski definition) is 6. The van der Waals surface area contributed by atoms with Crippen LogP contribution in [0.5, 0.6) is 17.5 Å². The standard InChI is InChI=1S/C16H15BrN4O5/c1-19-13-12(14(22)20(2)16(19)23)21(15(18-13)24-3)6-8-4-10-11(5-9(8)17)26-7-25-10/h4-5H,6-7H2,1-3H3. The van der Waals surface area contributed by atoms with E-state index in [9.17, 15) is 9.59 Å². The number of halogens is 1. The van der Waals surface area contributed by atoms with Crippen molar-refractivity contribution in [2.24, 2.45) is 14.1 Å². The second-order valence-corrected chi connectivity index (χ2v) is 6.71. The molecule has 3 aromatic rings. The van der Waals surface area contributed by atoms with E-state index in [0.29, 0.717) is 18.0 Å². The van der Waals surface area contributed by atoms with Crippen LogP contribution in [0.15, 0.2) is 26.2 Å². The van der Waals surface area contributed by atoms with Crippen molar-refractivity contribution in [3.8, 4) is 17.5 Å². The molecule has 3 heterocycles. The summed E-state index contributed by atoms with van der Waals surface area (Å²) < 4.78 is 20.9. The van der Waals surface area contributed by atoms with Gasteiger partial charge >= 0.3 is 5.69 Å². The summed E-state index contributed by atoms with van der Waals surface area (Å²) in [5.41, 5.74) is 0.528. The van der Waals surface area contributed by atoms with Gasteiger partial charge in [0.05, 0.1) is 13.7 Å². The third-order valence-electron chi connectivity index (χ3n) is 4.37. The van der Waals surface area contributed by atoms with Crippen molar-refractivity contribution in [1.29, 1.82) is 0 Å². The predicted molar refractivity (Wildman–Crippen MR) is 96.1 cm³/mol. The Balaban J connectivity index is 1.95. The molecule has 0 saturated carbocycles. The molecular weight excluding hydrogens is 408 g/mol. The largest absolute Gasteiger partial charge is 0.468 e. The maximum absolute atomic E-state index is 12.7. The Hall–Kier alpha value is -2.75. The van der Waals surface area contributed by atoms with Crippen molar-refractivity contribution < 1.29 is 14.2 Å². The van der Waals surface area contributed by atoms with E-state index in [0.717, 1.165) is 14.6 Å². The van der Waals surface area contributed by atoms with Gasteiger partial charge in [0, 0.05) is 18.6 Å². The van der Waals surface area contributed by atoms with Crippen LogP contribution < -0.4 is 25.5 Å². The summed E-state index contributed by atoms with van der Waals surface area (Å²) in [4.78, 5) is 29.2. The molecule has 0 aliphatic carbocycles. The third kappa shape index (κ3) is 2.32. The van der Waals surface area contributed by atoms with Crippen LogP contribution in [0.4, 0.5) is 0 Å². The average molecular weight is 423 g/mol. The molecule has 0 unspecified atom stereocenters. The number of ether oxygens (including phenoxy) is 3. The third-order valence-corrected chi connectivity index (χ3v) is 5.10. The average Bonchev–Trinajstić information content (AvgIpc) is 3.22. The first kappa shape index (κ1) is 16.7. The number of fused-ring (bicyclic) bond motifs is 2. The van der Waals surface area contributed by atoms with E-state index in [4.69, 9.17) is 14.2 Å². The highest BCUT2D eigenvalue weighted by molar-refractivity contribution is 9.10. The molecule has 0 spiro atoms. The van der Waals surface area contributed by atoms with E-state index in [-0.39, 0.29) is 24.0 Å². The fraction of sp³-hybridized carbons (Fsp3) is 0.312. The highest BCUT2D eigenvalue weighted by Gasteiger charge is 2.22. The molecule has 26 heavy (non-hydrogen) atoms. The fourth-order valence-corrected chi connectivity index (χ4v) is 3.43. The van der Waals surface area contributed by atoms with Crippen LogP contribution in [0.2, 0.25) is 0 Å². The Morgan fingerprint density at radius 1 is 1.19 bits per heavy atom. The normalized spacial score (nSPS) is 12.8. The molecule has 0 bridgehead atoms. The molecule has 1 aliphatic rings. The van der Waals surface area contributed by atoms with Crippen molar-refractivity contribution in [2.75, 3.05) is 13.9 Å². The van der Waals surface area contributed by atoms with Crippen molar-refractivity contribution in [3.05, 3.63) is 43.0 Å². The van der Waals surface area contributed by atoms with Crippen molar-refractivity contribution in [3.63, 3.8) is 0 Å². The number of nitrogens with zero attached hydrogens (tertiary/aromatic N) is 4. The first-order chi connectivity index (χ1) is 12.4. The van der Waals surface area contributed by atoms with Gasteiger partial charge in [-0.05, 0) is 17.7 Å². The Morgan fingerprint density at radius 2 is 1.88 bits per heavy atom. The van der Waals surface area contributed by atoms with Gasteiger partial charge in [0.15, 0.2) is 22.7 Å². The lowest BCUT2D eigenvalue weighted by molar-refractivity contribution is 0.174. The monoisotopic (exact) mass is 422 g/mol. The molecule has 1 aromatic carbocycles. The molecule has 136 valence electrons. The number of aryl methyl sites for hydroxylation is 1. The highest BCUT2D eigenvalue weighted by atomic mass is 79.9. The topological polar surface area (TPSA) is 89.5 Å². The van der Waals surface area contributed by atoms with Crippen molar-refractivity contribution in [2.45, 2.75) is 6.54 Å². The zero-order valence-corrected chi connectivity index (χ0v) is 15.9. The van der Waals surface area contributed by atoms with Gasteiger partial charge in [0.1, 0.15) is 0 Å². The van der Waals surface area contributed by atoms with Gasteiger partial charge < -0.3 is 14.2 Å². The first-order valence-electron chi connectivity index (χ1n) is 7.70. The number of hydrogen-bond donors (Lipinski definition) is 0. The van der Waals surface area contributed by atoms with E-state index in [1.165, 1.54) is 18.7 Å². The lowest BCUT2D eigenvalue weighted by Gasteiger charge is -2.11. The molecule has 4 rings (SSSR count). The van der Waals surface area contributed by atoms with Crippen molar-refractivity contribution >= 4 is 27.1 Å². The van der Waals surface area contributed by atoms with Gasteiger partial charge in [-0.3, -0.25) is 18.5 Å². The Morgan fingerprint density at radius 3 is 2.58 bits per heavy atom. The number of benzene rings is 1. The Bertz CT molecular complexity index is 1160. The molecule has 9 nitrogen and oxygen atoms in total. The van der Waals surface area contributed by atoms with E-state index in [1.54, 1.807) is 11.6 Å². The molecular formula is C16H15BrN4O5. The van der Waals surface area contributed by atoms with Gasteiger partial charge in [-0.25, -0.2) is 4.79 Å². The quantitative estimate of drug-likeness (QED) is 0.624. The maximum atomic E-state index is 12.7. The summed E-state index contributed by atoms with van der Waals surface area (Å²) in [5.74, 6) is 1.29. The van der Waals surface area contributed by atoms with Crippen LogP contribution in [-0.4, -0.2) is 32.6 Å². The van der Waals surface area contributed by atoms with Crippen LogP contribution >= 0.6 is 15.9 Å². The molecule has 10 heteroatoms. The van der Waals surface area contributed by atoms with Gasteiger partial charge in [-0.2, -0.15) is 4.98 Å². The Labute approximate surface area is 155 Å². The number of aromatic nitrogens is 4. The molecule has 0 N–H and O–H groups in total. The van der Waals surface area contributed by atoms with Crippen LogP contribution in [0.1, 0.15) is 5.56 Å². The van der Waals surface area contributed by atoms with Crippen molar-refractivity contribution in [1.82, 2.24) is 18.7 Å².